The summed E-state index contributed by atoms with van der Waals surface area (Å²) in [6.07, 6.45) is 2.22. The Balaban J connectivity index is 2.80. The molecule has 4 nitrogen and oxygen atoms in total. The minimum absolute atomic E-state index is 0.00584. The van der Waals surface area contributed by atoms with Gasteiger partial charge in [-0.3, -0.25) is 9.59 Å². The average Bonchev–Trinajstić information content (AvgIpc) is 2.47. The molecular formula is C17H24O4. The highest BCUT2D eigenvalue weighted by atomic mass is 16.5. The van der Waals surface area contributed by atoms with E-state index in [0.717, 1.165) is 12.8 Å². The van der Waals surface area contributed by atoms with E-state index in [2.05, 4.69) is 0 Å². The summed E-state index contributed by atoms with van der Waals surface area (Å²) in [5.74, 6) is 0.994. The maximum atomic E-state index is 12.1. The first-order valence-electron chi connectivity index (χ1n) is 7.56. The summed E-state index contributed by atoms with van der Waals surface area (Å²) in [5, 5.41) is 0. The summed E-state index contributed by atoms with van der Waals surface area (Å²) in [6.45, 7) is 6.81. The third-order valence-corrected chi connectivity index (χ3v) is 3.03. The molecule has 0 amide bonds. The van der Waals surface area contributed by atoms with E-state index in [1.807, 2.05) is 20.8 Å². The quantitative estimate of drug-likeness (QED) is 0.486. The van der Waals surface area contributed by atoms with Crippen LogP contribution in [0.25, 0.3) is 0 Å². The van der Waals surface area contributed by atoms with Gasteiger partial charge in [0.1, 0.15) is 5.78 Å². The number of hydrogen-bond acceptors (Lipinski definition) is 4. The van der Waals surface area contributed by atoms with Gasteiger partial charge in [-0.2, -0.15) is 0 Å². The predicted octanol–water partition coefficient (Wildman–Crippen LogP) is 3.82. The summed E-state index contributed by atoms with van der Waals surface area (Å²) in [5.41, 5.74) is 0.492. The highest BCUT2D eigenvalue weighted by Gasteiger charge is 2.14. The molecule has 0 aliphatic heterocycles. The second-order valence-corrected chi connectivity index (χ2v) is 4.77. The molecule has 0 saturated carbocycles. The highest BCUT2D eigenvalue weighted by molar-refractivity contribution is 6.08. The Bertz CT molecular complexity index is 480. The lowest BCUT2D eigenvalue weighted by atomic mass is 10.0. The SMILES string of the molecule is CCCCC(=O)CC(=O)c1ccc(OCC)c(OCC)c1. The fourth-order valence-electron chi connectivity index (χ4n) is 1.97. The Morgan fingerprint density at radius 3 is 2.29 bits per heavy atom. The van der Waals surface area contributed by atoms with E-state index < -0.39 is 0 Å². The van der Waals surface area contributed by atoms with Crippen molar-refractivity contribution in [3.8, 4) is 11.5 Å². The lowest BCUT2D eigenvalue weighted by molar-refractivity contribution is -0.118. The van der Waals surface area contributed by atoms with Gasteiger partial charge in [-0.05, 0) is 38.5 Å². The first-order valence-corrected chi connectivity index (χ1v) is 7.56. The average molecular weight is 292 g/mol. The largest absolute Gasteiger partial charge is 0.490 e. The van der Waals surface area contributed by atoms with Gasteiger partial charge >= 0.3 is 0 Å². The van der Waals surface area contributed by atoms with E-state index in [4.69, 9.17) is 9.47 Å². The molecule has 0 aliphatic carbocycles. The van der Waals surface area contributed by atoms with E-state index in [1.165, 1.54) is 0 Å². The number of carbonyl (C=O) groups is 2. The maximum absolute atomic E-state index is 12.1. The molecule has 0 radical (unpaired) electrons. The molecule has 0 aromatic heterocycles. The molecule has 0 bridgehead atoms. The maximum Gasteiger partial charge on any atom is 0.170 e. The van der Waals surface area contributed by atoms with Gasteiger partial charge in [-0.15, -0.1) is 0 Å². The number of ether oxygens (including phenoxy) is 2. The van der Waals surface area contributed by atoms with Crippen molar-refractivity contribution >= 4 is 11.6 Å². The smallest absolute Gasteiger partial charge is 0.170 e. The van der Waals surface area contributed by atoms with Crippen LogP contribution in [0.2, 0.25) is 0 Å². The monoisotopic (exact) mass is 292 g/mol. The molecule has 0 fully saturated rings. The van der Waals surface area contributed by atoms with Gasteiger partial charge in [0.2, 0.25) is 0 Å². The van der Waals surface area contributed by atoms with Crippen LogP contribution >= 0.6 is 0 Å². The van der Waals surface area contributed by atoms with Gasteiger partial charge in [-0.1, -0.05) is 13.3 Å². The minimum Gasteiger partial charge on any atom is -0.490 e. The molecule has 116 valence electrons. The zero-order valence-electron chi connectivity index (χ0n) is 13.1. The first-order chi connectivity index (χ1) is 10.1. The van der Waals surface area contributed by atoms with Crippen LogP contribution in [0.4, 0.5) is 0 Å². The third-order valence-electron chi connectivity index (χ3n) is 3.03. The normalized spacial score (nSPS) is 10.2. The molecule has 1 aromatic carbocycles. The van der Waals surface area contributed by atoms with E-state index >= 15 is 0 Å². The molecule has 21 heavy (non-hydrogen) atoms. The molecule has 1 aromatic rings. The molecule has 1 rings (SSSR count). The lowest BCUT2D eigenvalue weighted by Crippen LogP contribution is -2.09. The molecule has 0 heterocycles. The molecule has 0 aliphatic rings. The van der Waals surface area contributed by atoms with Gasteiger partial charge in [0.25, 0.3) is 0 Å². The van der Waals surface area contributed by atoms with Gasteiger partial charge in [0.05, 0.1) is 19.6 Å². The van der Waals surface area contributed by atoms with E-state index in [0.29, 0.717) is 36.7 Å². The minimum atomic E-state index is -0.167. The highest BCUT2D eigenvalue weighted by Crippen LogP contribution is 2.29. The zero-order valence-corrected chi connectivity index (χ0v) is 13.1. The van der Waals surface area contributed by atoms with E-state index in [1.54, 1.807) is 18.2 Å². The van der Waals surface area contributed by atoms with Crippen LogP contribution in [0.3, 0.4) is 0 Å². The van der Waals surface area contributed by atoms with Gasteiger partial charge in [0.15, 0.2) is 17.3 Å². The number of carbonyl (C=O) groups excluding carboxylic acids is 2. The number of Topliss-reactive ketones (excluding diaryl/α,β-unsaturated/α-hetero) is 2. The number of benzene rings is 1. The number of rotatable bonds is 10. The summed E-state index contributed by atoms with van der Waals surface area (Å²) < 4.78 is 10.9. The van der Waals surface area contributed by atoms with Crippen LogP contribution in [-0.4, -0.2) is 24.8 Å². The van der Waals surface area contributed by atoms with Crippen LogP contribution in [-0.2, 0) is 4.79 Å². The van der Waals surface area contributed by atoms with Crippen LogP contribution < -0.4 is 9.47 Å². The Morgan fingerprint density at radius 1 is 1.00 bits per heavy atom. The Labute approximate surface area is 126 Å². The van der Waals surface area contributed by atoms with Crippen molar-refractivity contribution in [2.45, 2.75) is 46.5 Å². The van der Waals surface area contributed by atoms with Crippen LogP contribution in [0, 0.1) is 0 Å². The Morgan fingerprint density at radius 2 is 1.67 bits per heavy atom. The predicted molar refractivity (Wildman–Crippen MR) is 82.3 cm³/mol. The van der Waals surface area contributed by atoms with Crippen molar-refractivity contribution in [3.05, 3.63) is 23.8 Å². The zero-order chi connectivity index (χ0) is 15.7. The fourth-order valence-corrected chi connectivity index (χ4v) is 1.97. The number of hydrogen-bond donors (Lipinski definition) is 0. The fraction of sp³-hybridized carbons (Fsp3) is 0.529. The van der Waals surface area contributed by atoms with Crippen LogP contribution in [0.15, 0.2) is 18.2 Å². The standard InChI is InChI=1S/C17H24O4/c1-4-7-8-14(18)12-15(19)13-9-10-16(20-5-2)17(11-13)21-6-3/h9-11H,4-8,12H2,1-3H3. The molecule has 0 N–H and O–H groups in total. The molecule has 0 atom stereocenters. The van der Waals surface area contributed by atoms with Gasteiger partial charge < -0.3 is 9.47 Å². The first kappa shape index (κ1) is 17.2. The van der Waals surface area contributed by atoms with Gasteiger partial charge in [0, 0.05) is 12.0 Å². The summed E-state index contributed by atoms with van der Waals surface area (Å²) >= 11 is 0. The summed E-state index contributed by atoms with van der Waals surface area (Å²) in [6, 6.07) is 5.06. The molecule has 0 unspecified atom stereocenters. The molecular weight excluding hydrogens is 268 g/mol. The van der Waals surface area contributed by atoms with E-state index in [-0.39, 0.29) is 18.0 Å². The Hall–Kier alpha value is -1.84. The van der Waals surface area contributed by atoms with Crippen LogP contribution in [0.1, 0.15) is 56.8 Å². The lowest BCUT2D eigenvalue weighted by Gasteiger charge is -2.12. The Kier molecular flexibility index (Phi) is 7.51. The van der Waals surface area contributed by atoms with Crippen molar-refractivity contribution in [3.63, 3.8) is 0 Å². The second-order valence-electron chi connectivity index (χ2n) is 4.77. The summed E-state index contributed by atoms with van der Waals surface area (Å²) in [7, 11) is 0. The van der Waals surface area contributed by atoms with Crippen molar-refractivity contribution in [2.75, 3.05) is 13.2 Å². The van der Waals surface area contributed by atoms with E-state index in [9.17, 15) is 9.59 Å². The third kappa shape index (κ3) is 5.58. The van der Waals surface area contributed by atoms with Crippen molar-refractivity contribution in [1.82, 2.24) is 0 Å². The second kappa shape index (κ2) is 9.16. The van der Waals surface area contributed by atoms with Crippen LogP contribution in [0.5, 0.6) is 11.5 Å². The molecule has 0 spiro atoms. The van der Waals surface area contributed by atoms with Crippen molar-refractivity contribution < 1.29 is 19.1 Å². The molecule has 0 saturated heterocycles. The molecule has 4 heteroatoms. The number of unbranched alkanes of at least 4 members (excludes halogenated alkanes) is 1. The van der Waals surface area contributed by atoms with Crippen molar-refractivity contribution in [1.29, 1.82) is 0 Å². The topological polar surface area (TPSA) is 52.6 Å². The van der Waals surface area contributed by atoms with Gasteiger partial charge in [-0.25, -0.2) is 0 Å². The summed E-state index contributed by atoms with van der Waals surface area (Å²) in [4.78, 5) is 23.8. The number of ketones is 2. The van der Waals surface area contributed by atoms with Crippen molar-refractivity contribution in [2.24, 2.45) is 0 Å².